The molecule has 2 fully saturated rings. The Morgan fingerprint density at radius 2 is 1.67 bits per heavy atom. The zero-order valence-corrected chi connectivity index (χ0v) is 14.1. The molecule has 0 amide bonds. The Hall–Kier alpha value is -0.210. The SMILES string of the molecule is CC(C)C(CNS(=O)(=O)N1CCCCC1)N1CCOCC1. The zero-order chi connectivity index (χ0) is 15.3. The van der Waals surface area contributed by atoms with Gasteiger partial charge in [0.2, 0.25) is 0 Å². The van der Waals surface area contributed by atoms with Crippen molar-refractivity contribution in [2.45, 2.75) is 39.2 Å². The van der Waals surface area contributed by atoms with Gasteiger partial charge in [-0.2, -0.15) is 12.7 Å². The summed E-state index contributed by atoms with van der Waals surface area (Å²) >= 11 is 0. The smallest absolute Gasteiger partial charge is 0.279 e. The van der Waals surface area contributed by atoms with E-state index in [1.165, 1.54) is 0 Å². The summed E-state index contributed by atoms with van der Waals surface area (Å²) in [5, 5.41) is 0. The maximum absolute atomic E-state index is 12.4. The quantitative estimate of drug-likeness (QED) is 0.781. The first-order chi connectivity index (χ1) is 10.0. The first kappa shape index (κ1) is 17.1. The molecule has 2 aliphatic heterocycles. The third kappa shape index (κ3) is 4.89. The molecule has 0 aromatic rings. The fourth-order valence-electron chi connectivity index (χ4n) is 3.08. The number of hydrogen-bond donors (Lipinski definition) is 1. The van der Waals surface area contributed by atoms with E-state index in [2.05, 4.69) is 23.5 Å². The largest absolute Gasteiger partial charge is 0.379 e. The molecular weight excluding hydrogens is 290 g/mol. The van der Waals surface area contributed by atoms with Crippen molar-refractivity contribution < 1.29 is 13.2 Å². The van der Waals surface area contributed by atoms with E-state index in [4.69, 9.17) is 4.74 Å². The highest BCUT2D eigenvalue weighted by Crippen LogP contribution is 2.15. The Kier molecular flexibility index (Phi) is 6.43. The molecule has 0 saturated carbocycles. The van der Waals surface area contributed by atoms with E-state index in [1.807, 2.05) is 0 Å². The van der Waals surface area contributed by atoms with Gasteiger partial charge in [0, 0.05) is 38.8 Å². The van der Waals surface area contributed by atoms with Crippen LogP contribution >= 0.6 is 0 Å². The van der Waals surface area contributed by atoms with Crippen molar-refractivity contribution in [1.82, 2.24) is 13.9 Å². The second-order valence-corrected chi connectivity index (χ2v) is 8.03. The van der Waals surface area contributed by atoms with Crippen molar-refractivity contribution in [2.24, 2.45) is 5.92 Å². The average molecular weight is 319 g/mol. The molecular formula is C14H29N3O3S. The van der Waals surface area contributed by atoms with Crippen molar-refractivity contribution in [2.75, 3.05) is 45.9 Å². The number of ether oxygens (including phenoxy) is 1. The molecule has 2 saturated heterocycles. The Balaban J connectivity index is 1.91. The summed E-state index contributed by atoms with van der Waals surface area (Å²) in [7, 11) is -3.33. The molecule has 6 nitrogen and oxygen atoms in total. The van der Waals surface area contributed by atoms with Crippen molar-refractivity contribution in [3.63, 3.8) is 0 Å². The maximum Gasteiger partial charge on any atom is 0.279 e. The highest BCUT2D eigenvalue weighted by atomic mass is 32.2. The van der Waals surface area contributed by atoms with Crippen LogP contribution in [-0.4, -0.2) is 69.6 Å². The minimum Gasteiger partial charge on any atom is -0.379 e. The lowest BCUT2D eigenvalue weighted by molar-refractivity contribution is 0.00767. The Morgan fingerprint density at radius 3 is 2.24 bits per heavy atom. The Bertz CT molecular complexity index is 402. The van der Waals surface area contributed by atoms with Gasteiger partial charge in [-0.3, -0.25) is 4.90 Å². The van der Waals surface area contributed by atoms with E-state index in [0.29, 0.717) is 25.6 Å². The van der Waals surface area contributed by atoms with E-state index >= 15 is 0 Å². The summed E-state index contributed by atoms with van der Waals surface area (Å²) in [5.41, 5.74) is 0. The molecule has 1 unspecified atom stereocenters. The first-order valence-electron chi connectivity index (χ1n) is 8.07. The fourth-order valence-corrected chi connectivity index (χ4v) is 4.39. The van der Waals surface area contributed by atoms with E-state index in [1.54, 1.807) is 4.31 Å². The van der Waals surface area contributed by atoms with Crippen LogP contribution in [0.25, 0.3) is 0 Å². The monoisotopic (exact) mass is 319 g/mol. The van der Waals surface area contributed by atoms with Crippen molar-refractivity contribution in [1.29, 1.82) is 0 Å². The molecule has 2 heterocycles. The maximum atomic E-state index is 12.4. The Labute approximate surface area is 129 Å². The minimum atomic E-state index is -3.33. The standard InChI is InChI=1S/C14H29N3O3S/c1-13(2)14(16-8-10-20-11-9-16)12-15-21(18,19)17-6-4-3-5-7-17/h13-15H,3-12H2,1-2H3. The summed E-state index contributed by atoms with van der Waals surface area (Å²) in [6, 6.07) is 0.230. The third-order valence-corrected chi connectivity index (χ3v) is 5.99. The highest BCUT2D eigenvalue weighted by molar-refractivity contribution is 7.87. The number of rotatable bonds is 6. The molecule has 0 bridgehead atoms. The van der Waals surface area contributed by atoms with Gasteiger partial charge >= 0.3 is 0 Å². The molecule has 2 rings (SSSR count). The minimum absolute atomic E-state index is 0.230. The van der Waals surface area contributed by atoms with Gasteiger partial charge in [-0.15, -0.1) is 0 Å². The van der Waals surface area contributed by atoms with E-state index < -0.39 is 10.2 Å². The molecule has 7 heteroatoms. The van der Waals surface area contributed by atoms with E-state index in [0.717, 1.165) is 45.6 Å². The van der Waals surface area contributed by atoms with Crippen molar-refractivity contribution >= 4 is 10.2 Å². The van der Waals surface area contributed by atoms with E-state index in [9.17, 15) is 8.42 Å². The van der Waals surface area contributed by atoms with Gasteiger partial charge in [0.1, 0.15) is 0 Å². The Morgan fingerprint density at radius 1 is 1.05 bits per heavy atom. The molecule has 0 aromatic heterocycles. The number of nitrogens with zero attached hydrogens (tertiary/aromatic N) is 2. The van der Waals surface area contributed by atoms with Gasteiger partial charge in [-0.05, 0) is 18.8 Å². The van der Waals surface area contributed by atoms with Gasteiger partial charge in [0.25, 0.3) is 10.2 Å². The van der Waals surface area contributed by atoms with Crippen LogP contribution in [0.1, 0.15) is 33.1 Å². The molecule has 0 aromatic carbocycles. The summed E-state index contributed by atoms with van der Waals surface area (Å²) < 4.78 is 34.5. The van der Waals surface area contributed by atoms with E-state index in [-0.39, 0.29) is 6.04 Å². The lowest BCUT2D eigenvalue weighted by Crippen LogP contribution is -2.53. The van der Waals surface area contributed by atoms with Crippen LogP contribution < -0.4 is 4.72 Å². The zero-order valence-electron chi connectivity index (χ0n) is 13.3. The summed E-state index contributed by atoms with van der Waals surface area (Å²) in [6.45, 7) is 9.33. The summed E-state index contributed by atoms with van der Waals surface area (Å²) in [6.07, 6.45) is 3.07. The van der Waals surface area contributed by atoms with Crippen LogP contribution in [0.15, 0.2) is 0 Å². The first-order valence-corrected chi connectivity index (χ1v) is 9.51. The van der Waals surface area contributed by atoms with Crippen molar-refractivity contribution in [3.05, 3.63) is 0 Å². The second-order valence-electron chi connectivity index (χ2n) is 6.27. The molecule has 21 heavy (non-hydrogen) atoms. The van der Waals surface area contributed by atoms with Gasteiger partial charge in [0.05, 0.1) is 13.2 Å². The average Bonchev–Trinajstić information content (AvgIpc) is 2.49. The van der Waals surface area contributed by atoms with Crippen LogP contribution in [0.3, 0.4) is 0 Å². The molecule has 2 aliphatic rings. The topological polar surface area (TPSA) is 61.9 Å². The molecule has 0 aliphatic carbocycles. The van der Waals surface area contributed by atoms with Crippen LogP contribution in [0.4, 0.5) is 0 Å². The highest BCUT2D eigenvalue weighted by Gasteiger charge is 2.28. The molecule has 1 atom stereocenters. The van der Waals surface area contributed by atoms with Crippen LogP contribution in [0.2, 0.25) is 0 Å². The summed E-state index contributed by atoms with van der Waals surface area (Å²) in [4.78, 5) is 2.34. The molecule has 124 valence electrons. The molecule has 1 N–H and O–H groups in total. The van der Waals surface area contributed by atoms with Gasteiger partial charge < -0.3 is 4.74 Å². The number of piperidine rings is 1. The molecule has 0 spiro atoms. The number of morpholine rings is 1. The second kappa shape index (κ2) is 7.87. The predicted octanol–water partition coefficient (Wildman–Crippen LogP) is 0.664. The predicted molar refractivity (Wildman–Crippen MR) is 83.4 cm³/mol. The fraction of sp³-hybridized carbons (Fsp3) is 1.00. The van der Waals surface area contributed by atoms with Crippen LogP contribution in [0, 0.1) is 5.92 Å². The van der Waals surface area contributed by atoms with Crippen LogP contribution in [-0.2, 0) is 14.9 Å². The van der Waals surface area contributed by atoms with Crippen molar-refractivity contribution in [3.8, 4) is 0 Å². The van der Waals surface area contributed by atoms with Gasteiger partial charge in [-0.25, -0.2) is 4.72 Å². The third-order valence-electron chi connectivity index (χ3n) is 4.41. The lowest BCUT2D eigenvalue weighted by Gasteiger charge is -2.37. The molecule has 0 radical (unpaired) electrons. The number of nitrogens with one attached hydrogen (secondary N) is 1. The summed E-state index contributed by atoms with van der Waals surface area (Å²) in [5.74, 6) is 0.409. The number of hydrogen-bond acceptors (Lipinski definition) is 4. The van der Waals surface area contributed by atoms with Gasteiger partial charge in [0.15, 0.2) is 0 Å². The lowest BCUT2D eigenvalue weighted by atomic mass is 10.0. The normalized spacial score (nSPS) is 24.3. The van der Waals surface area contributed by atoms with Gasteiger partial charge in [-0.1, -0.05) is 20.3 Å². The van der Waals surface area contributed by atoms with Crippen LogP contribution in [0.5, 0.6) is 0 Å².